The average Bonchev–Trinajstić information content (AvgIpc) is 2.71. The maximum atomic E-state index is 10.3. The third kappa shape index (κ3) is 2.37. The summed E-state index contributed by atoms with van der Waals surface area (Å²) in [5.41, 5.74) is 1.81. The Morgan fingerprint density at radius 1 is 1.22 bits per heavy atom. The number of halogens is 1. The van der Waals surface area contributed by atoms with Crippen LogP contribution in [-0.4, -0.2) is 24.9 Å². The minimum Gasteiger partial charge on any atom is -0.380 e. The Hall–Kier alpha value is -1.46. The molecule has 2 aromatic heterocycles. The summed E-state index contributed by atoms with van der Waals surface area (Å²) in [5.74, 6) is 0. The van der Waals surface area contributed by atoms with Crippen LogP contribution < -0.4 is 0 Å². The Balaban J connectivity index is 2.42. The highest BCUT2D eigenvalue weighted by Gasteiger charge is 2.22. The van der Waals surface area contributed by atoms with Crippen LogP contribution in [0.2, 0.25) is 5.02 Å². The van der Waals surface area contributed by atoms with Crippen LogP contribution in [0.15, 0.2) is 18.6 Å². The molecule has 1 atom stereocenters. The highest BCUT2D eigenvalue weighted by molar-refractivity contribution is 6.31. The summed E-state index contributed by atoms with van der Waals surface area (Å²) in [7, 11) is 0. The Morgan fingerprint density at radius 2 is 1.94 bits per heavy atom. The van der Waals surface area contributed by atoms with Crippen molar-refractivity contribution in [2.45, 2.75) is 32.9 Å². The van der Waals surface area contributed by atoms with Crippen LogP contribution in [0.5, 0.6) is 0 Å². The number of nitrogens with zero attached hydrogens (tertiary/aromatic N) is 4. The van der Waals surface area contributed by atoms with Crippen LogP contribution >= 0.6 is 11.6 Å². The second kappa shape index (κ2) is 5.04. The maximum Gasteiger partial charge on any atom is 0.141 e. The molecule has 0 radical (unpaired) electrons. The molecule has 96 valence electrons. The number of rotatable bonds is 3. The van der Waals surface area contributed by atoms with E-state index in [-0.39, 0.29) is 6.04 Å². The van der Waals surface area contributed by atoms with Crippen LogP contribution in [-0.2, 0) is 0 Å². The molecular weight excluding hydrogens is 252 g/mol. The summed E-state index contributed by atoms with van der Waals surface area (Å²) in [4.78, 5) is 8.28. The van der Waals surface area contributed by atoms with Gasteiger partial charge < -0.3 is 5.11 Å². The van der Waals surface area contributed by atoms with Gasteiger partial charge >= 0.3 is 0 Å². The van der Waals surface area contributed by atoms with Gasteiger partial charge in [0.25, 0.3) is 0 Å². The van der Waals surface area contributed by atoms with Gasteiger partial charge in [-0.05, 0) is 20.8 Å². The minimum atomic E-state index is -0.921. The summed E-state index contributed by atoms with van der Waals surface area (Å²) in [5, 5.41) is 14.9. The van der Waals surface area contributed by atoms with E-state index in [1.165, 1.54) is 6.20 Å². The van der Waals surface area contributed by atoms with E-state index < -0.39 is 6.10 Å². The van der Waals surface area contributed by atoms with Gasteiger partial charge in [0.15, 0.2) is 0 Å². The smallest absolute Gasteiger partial charge is 0.141 e. The lowest BCUT2D eigenvalue weighted by molar-refractivity contribution is 0.200. The monoisotopic (exact) mass is 266 g/mol. The second-order valence-electron chi connectivity index (χ2n) is 4.40. The van der Waals surface area contributed by atoms with Gasteiger partial charge in [0.05, 0.1) is 34.5 Å². The molecule has 0 aliphatic carbocycles. The molecule has 1 N–H and O–H groups in total. The van der Waals surface area contributed by atoms with E-state index >= 15 is 0 Å². The Kier molecular flexibility index (Phi) is 3.63. The molecule has 0 aliphatic heterocycles. The molecular formula is C12H15ClN4O. The van der Waals surface area contributed by atoms with Crippen molar-refractivity contribution >= 4 is 11.6 Å². The average molecular weight is 267 g/mol. The molecule has 0 saturated carbocycles. The molecule has 5 nitrogen and oxygen atoms in total. The first-order valence-electron chi connectivity index (χ1n) is 5.70. The highest BCUT2D eigenvalue weighted by Crippen LogP contribution is 2.28. The van der Waals surface area contributed by atoms with E-state index in [0.29, 0.717) is 16.4 Å². The SMILES string of the molecule is Cc1cnc(C(O)c2c(Cl)cnn2C(C)C)cn1. The Labute approximate surface area is 110 Å². The molecule has 18 heavy (non-hydrogen) atoms. The van der Waals surface area contributed by atoms with Crippen molar-refractivity contribution in [2.75, 3.05) is 0 Å². The number of hydrogen-bond acceptors (Lipinski definition) is 4. The van der Waals surface area contributed by atoms with E-state index in [1.807, 2.05) is 20.8 Å². The molecule has 2 heterocycles. The Morgan fingerprint density at radius 3 is 2.50 bits per heavy atom. The zero-order chi connectivity index (χ0) is 13.3. The van der Waals surface area contributed by atoms with E-state index in [2.05, 4.69) is 15.1 Å². The maximum absolute atomic E-state index is 10.3. The molecule has 0 bridgehead atoms. The number of aromatic nitrogens is 4. The van der Waals surface area contributed by atoms with E-state index in [1.54, 1.807) is 17.1 Å². The number of aliphatic hydroxyl groups excluding tert-OH is 1. The summed E-state index contributed by atoms with van der Waals surface area (Å²) < 4.78 is 1.69. The van der Waals surface area contributed by atoms with E-state index in [9.17, 15) is 5.11 Å². The van der Waals surface area contributed by atoms with Crippen LogP contribution in [0.3, 0.4) is 0 Å². The normalized spacial score (nSPS) is 13.0. The number of aliphatic hydroxyl groups is 1. The van der Waals surface area contributed by atoms with Crippen molar-refractivity contribution in [3.8, 4) is 0 Å². The largest absolute Gasteiger partial charge is 0.380 e. The fourth-order valence-corrected chi connectivity index (χ4v) is 1.94. The first-order chi connectivity index (χ1) is 8.50. The van der Waals surface area contributed by atoms with Gasteiger partial charge in [-0.1, -0.05) is 11.6 Å². The fourth-order valence-electron chi connectivity index (χ4n) is 1.70. The van der Waals surface area contributed by atoms with Gasteiger partial charge in [-0.25, -0.2) is 0 Å². The van der Waals surface area contributed by atoms with E-state index in [4.69, 9.17) is 11.6 Å². The lowest BCUT2D eigenvalue weighted by Gasteiger charge is -2.16. The first kappa shape index (κ1) is 13.0. The van der Waals surface area contributed by atoms with Gasteiger partial charge in [0, 0.05) is 12.2 Å². The van der Waals surface area contributed by atoms with Crippen molar-refractivity contribution in [2.24, 2.45) is 0 Å². The van der Waals surface area contributed by atoms with Gasteiger partial charge in [-0.15, -0.1) is 0 Å². The van der Waals surface area contributed by atoms with Crippen molar-refractivity contribution in [3.63, 3.8) is 0 Å². The molecule has 0 aromatic carbocycles. The fraction of sp³-hybridized carbons (Fsp3) is 0.417. The van der Waals surface area contributed by atoms with Crippen LogP contribution in [0, 0.1) is 6.92 Å². The van der Waals surface area contributed by atoms with Gasteiger partial charge in [-0.2, -0.15) is 5.10 Å². The van der Waals surface area contributed by atoms with Crippen LogP contribution in [0.1, 0.15) is 43.1 Å². The van der Waals surface area contributed by atoms with Gasteiger partial charge in [0.2, 0.25) is 0 Å². The molecule has 0 spiro atoms. The summed E-state index contributed by atoms with van der Waals surface area (Å²) in [6, 6.07) is 0.112. The Bertz CT molecular complexity index is 536. The summed E-state index contributed by atoms with van der Waals surface area (Å²) >= 11 is 6.07. The number of hydrogen-bond donors (Lipinski definition) is 1. The third-order valence-electron chi connectivity index (χ3n) is 2.62. The summed E-state index contributed by atoms with van der Waals surface area (Å²) in [6.07, 6.45) is 3.77. The molecule has 1 unspecified atom stereocenters. The standard InChI is InChI=1S/C12H15ClN4O/c1-7(2)17-11(9(13)5-16-17)12(18)10-6-14-8(3)4-15-10/h4-7,12,18H,1-3H3. The lowest BCUT2D eigenvalue weighted by Crippen LogP contribution is -2.13. The first-order valence-corrected chi connectivity index (χ1v) is 6.08. The van der Waals surface area contributed by atoms with Crippen molar-refractivity contribution < 1.29 is 5.11 Å². The topological polar surface area (TPSA) is 63.8 Å². The summed E-state index contributed by atoms with van der Waals surface area (Å²) in [6.45, 7) is 5.79. The lowest BCUT2D eigenvalue weighted by atomic mass is 10.2. The molecule has 0 amide bonds. The van der Waals surface area contributed by atoms with E-state index in [0.717, 1.165) is 5.69 Å². The predicted octanol–water partition coefficient (Wildman–Crippen LogP) is 2.30. The second-order valence-corrected chi connectivity index (χ2v) is 4.81. The van der Waals surface area contributed by atoms with Crippen molar-refractivity contribution in [1.29, 1.82) is 0 Å². The van der Waals surface area contributed by atoms with Gasteiger partial charge in [-0.3, -0.25) is 14.6 Å². The van der Waals surface area contributed by atoms with Crippen LogP contribution in [0.25, 0.3) is 0 Å². The molecule has 0 saturated heterocycles. The molecule has 6 heteroatoms. The highest BCUT2D eigenvalue weighted by atomic mass is 35.5. The third-order valence-corrected chi connectivity index (χ3v) is 2.91. The quantitative estimate of drug-likeness (QED) is 0.926. The van der Waals surface area contributed by atoms with Crippen molar-refractivity contribution in [1.82, 2.24) is 19.7 Å². The number of aryl methyl sites for hydroxylation is 1. The van der Waals surface area contributed by atoms with Crippen molar-refractivity contribution in [3.05, 3.63) is 40.7 Å². The predicted molar refractivity (Wildman–Crippen MR) is 68.5 cm³/mol. The zero-order valence-electron chi connectivity index (χ0n) is 10.5. The zero-order valence-corrected chi connectivity index (χ0v) is 11.3. The van der Waals surface area contributed by atoms with Gasteiger partial charge in [0.1, 0.15) is 6.10 Å². The molecule has 0 aliphatic rings. The van der Waals surface area contributed by atoms with Crippen LogP contribution in [0.4, 0.5) is 0 Å². The molecule has 2 rings (SSSR count). The molecule has 0 fully saturated rings. The minimum absolute atomic E-state index is 0.112. The molecule has 2 aromatic rings.